The van der Waals surface area contributed by atoms with Gasteiger partial charge in [-0.15, -0.1) is 0 Å². The molecule has 2 fully saturated rings. The zero-order valence-corrected chi connectivity index (χ0v) is 18.8. The van der Waals surface area contributed by atoms with Gasteiger partial charge < -0.3 is 5.32 Å². The number of anilines is 1. The Morgan fingerprint density at radius 2 is 1.82 bits per heavy atom. The van der Waals surface area contributed by atoms with E-state index in [-0.39, 0.29) is 28.7 Å². The van der Waals surface area contributed by atoms with Gasteiger partial charge in [0.25, 0.3) is 5.56 Å². The quantitative estimate of drug-likeness (QED) is 0.401. The Bertz CT molecular complexity index is 1390. The molecule has 2 N–H and O–H groups in total. The highest BCUT2D eigenvalue weighted by molar-refractivity contribution is 8.00. The van der Waals surface area contributed by atoms with E-state index in [4.69, 9.17) is 0 Å². The molecule has 2 aliphatic rings. The molecule has 0 saturated heterocycles. The summed E-state index contributed by atoms with van der Waals surface area (Å²) in [4.78, 5) is 49.4. The van der Waals surface area contributed by atoms with Crippen LogP contribution in [0.4, 0.5) is 18.9 Å². The summed E-state index contributed by atoms with van der Waals surface area (Å²) < 4.78 is 39.8. The molecular formula is C22H20F3N5O3S. The van der Waals surface area contributed by atoms with Gasteiger partial charge in [0.15, 0.2) is 5.65 Å². The van der Waals surface area contributed by atoms with Crippen molar-refractivity contribution in [1.82, 2.24) is 19.5 Å². The van der Waals surface area contributed by atoms with Gasteiger partial charge in [0.05, 0.1) is 10.8 Å². The molecule has 8 nitrogen and oxygen atoms in total. The molecule has 34 heavy (non-hydrogen) atoms. The van der Waals surface area contributed by atoms with Crippen molar-refractivity contribution in [3.8, 4) is 0 Å². The maximum absolute atomic E-state index is 12.8. The number of fused-ring (bicyclic) bond motifs is 1. The number of rotatable bonds is 6. The molecule has 0 radical (unpaired) electrons. The number of nitrogens with one attached hydrogen (secondary N) is 2. The first-order chi connectivity index (χ1) is 16.1. The van der Waals surface area contributed by atoms with Crippen molar-refractivity contribution < 1.29 is 18.0 Å². The van der Waals surface area contributed by atoms with E-state index in [9.17, 15) is 27.6 Å². The first-order valence-corrected chi connectivity index (χ1v) is 11.7. The number of thioether (sulfide) groups is 1. The van der Waals surface area contributed by atoms with Crippen LogP contribution in [-0.2, 0) is 11.0 Å². The monoisotopic (exact) mass is 491 g/mol. The summed E-state index contributed by atoms with van der Waals surface area (Å²) in [6.45, 7) is 1.61. The third-order valence-electron chi connectivity index (χ3n) is 5.76. The molecule has 0 aliphatic heterocycles. The summed E-state index contributed by atoms with van der Waals surface area (Å²) in [5.41, 5.74) is -1.43. The van der Waals surface area contributed by atoms with Crippen LogP contribution in [0.5, 0.6) is 0 Å². The largest absolute Gasteiger partial charge is 0.416 e. The van der Waals surface area contributed by atoms with E-state index in [2.05, 4.69) is 20.3 Å². The lowest BCUT2D eigenvalue weighted by Crippen LogP contribution is -2.31. The molecule has 2 aromatic heterocycles. The van der Waals surface area contributed by atoms with E-state index in [1.54, 1.807) is 6.92 Å². The maximum atomic E-state index is 12.8. The van der Waals surface area contributed by atoms with Crippen molar-refractivity contribution in [2.24, 2.45) is 0 Å². The number of alkyl halides is 3. The van der Waals surface area contributed by atoms with Gasteiger partial charge in [-0.2, -0.15) is 13.2 Å². The Kier molecular flexibility index (Phi) is 5.50. The summed E-state index contributed by atoms with van der Waals surface area (Å²) in [6.07, 6.45) is -1.00. The molecule has 3 aromatic rings. The minimum atomic E-state index is -4.46. The van der Waals surface area contributed by atoms with Gasteiger partial charge in [0, 0.05) is 17.6 Å². The SMILES string of the molecule is C[C@H](Sc1nc(C2CC2)nc2c1c(=O)[nH]c(=O)n2C1CC1)C(=O)Nc1ccc(C(F)(F)F)cc1. The summed E-state index contributed by atoms with van der Waals surface area (Å²) in [5, 5.41) is 2.33. The standard InChI is InChI=1S/C22H20F3N5O3S/c1-10(18(31)26-13-6-4-12(5-7-13)22(23,24)25)34-20-15-17(27-16(28-20)11-2-3-11)30(14-8-9-14)21(33)29-19(15)32/h4-7,10-11,14H,2-3,8-9H2,1H3,(H,26,31)(H,29,32,33)/t10-/m0/s1. The fourth-order valence-corrected chi connectivity index (χ4v) is 4.57. The molecule has 1 aromatic carbocycles. The second kappa shape index (κ2) is 8.26. The van der Waals surface area contributed by atoms with Crippen molar-refractivity contribution in [3.05, 3.63) is 56.5 Å². The van der Waals surface area contributed by atoms with Crippen LogP contribution < -0.4 is 16.6 Å². The van der Waals surface area contributed by atoms with Crippen LogP contribution in [0.2, 0.25) is 0 Å². The Hall–Kier alpha value is -3.15. The van der Waals surface area contributed by atoms with Crippen LogP contribution in [0, 0.1) is 0 Å². The number of carbonyl (C=O) groups is 1. The second-order valence-electron chi connectivity index (χ2n) is 8.54. The summed E-state index contributed by atoms with van der Waals surface area (Å²) in [5.74, 6) is 0.239. The Morgan fingerprint density at radius 1 is 1.15 bits per heavy atom. The normalized spacial score (nSPS) is 17.1. The average Bonchev–Trinajstić information content (AvgIpc) is 3.67. The van der Waals surface area contributed by atoms with Crippen molar-refractivity contribution in [1.29, 1.82) is 0 Å². The number of H-pyrrole nitrogens is 1. The zero-order chi connectivity index (χ0) is 24.2. The lowest BCUT2D eigenvalue weighted by atomic mass is 10.2. The average molecular weight is 491 g/mol. The van der Waals surface area contributed by atoms with E-state index in [0.29, 0.717) is 10.9 Å². The van der Waals surface area contributed by atoms with E-state index in [1.807, 2.05) is 0 Å². The molecule has 178 valence electrons. The van der Waals surface area contributed by atoms with E-state index >= 15 is 0 Å². The Balaban J connectivity index is 1.45. The van der Waals surface area contributed by atoms with Gasteiger partial charge in [0.2, 0.25) is 5.91 Å². The number of halogens is 3. The minimum Gasteiger partial charge on any atom is -0.325 e. The predicted molar refractivity (Wildman–Crippen MR) is 120 cm³/mol. The Morgan fingerprint density at radius 3 is 2.41 bits per heavy atom. The molecule has 2 saturated carbocycles. The van der Waals surface area contributed by atoms with E-state index in [0.717, 1.165) is 49.6 Å². The molecular weight excluding hydrogens is 471 g/mol. The van der Waals surface area contributed by atoms with Crippen LogP contribution in [0.15, 0.2) is 38.9 Å². The molecule has 2 aliphatic carbocycles. The van der Waals surface area contributed by atoms with Gasteiger partial charge in [0.1, 0.15) is 16.2 Å². The van der Waals surface area contributed by atoms with Crippen molar-refractivity contribution in [3.63, 3.8) is 0 Å². The fraction of sp³-hybridized carbons (Fsp3) is 0.409. The topological polar surface area (TPSA) is 110 Å². The molecule has 12 heteroatoms. The summed E-state index contributed by atoms with van der Waals surface area (Å²) in [6, 6.07) is 4.13. The van der Waals surface area contributed by atoms with Gasteiger partial charge in [-0.05, 0) is 56.9 Å². The highest BCUT2D eigenvalue weighted by Crippen LogP contribution is 2.41. The molecule has 0 bridgehead atoms. The van der Waals surface area contributed by atoms with Crippen LogP contribution in [0.3, 0.4) is 0 Å². The van der Waals surface area contributed by atoms with Crippen molar-refractivity contribution in [2.75, 3.05) is 5.32 Å². The second-order valence-corrected chi connectivity index (χ2v) is 9.87. The number of benzene rings is 1. The number of aromatic amines is 1. The number of nitrogens with zero attached hydrogens (tertiary/aromatic N) is 3. The maximum Gasteiger partial charge on any atom is 0.416 e. The highest BCUT2D eigenvalue weighted by atomic mass is 32.2. The Labute approximate surface area is 195 Å². The highest BCUT2D eigenvalue weighted by Gasteiger charge is 2.33. The zero-order valence-electron chi connectivity index (χ0n) is 18.0. The number of hydrogen-bond acceptors (Lipinski definition) is 6. The van der Waals surface area contributed by atoms with Crippen LogP contribution in [-0.4, -0.2) is 30.7 Å². The summed E-state index contributed by atoms with van der Waals surface area (Å²) >= 11 is 1.05. The molecule has 2 heterocycles. The number of amides is 1. The number of hydrogen-bond donors (Lipinski definition) is 2. The first kappa shape index (κ1) is 22.6. The molecule has 5 rings (SSSR count). The lowest BCUT2D eigenvalue weighted by molar-refractivity contribution is -0.137. The minimum absolute atomic E-state index is 0.0213. The fourth-order valence-electron chi connectivity index (χ4n) is 3.62. The number of aromatic nitrogens is 4. The summed E-state index contributed by atoms with van der Waals surface area (Å²) in [7, 11) is 0. The van der Waals surface area contributed by atoms with Crippen molar-refractivity contribution >= 4 is 34.4 Å². The van der Waals surface area contributed by atoms with E-state index in [1.165, 1.54) is 16.7 Å². The number of carbonyl (C=O) groups excluding carboxylic acids is 1. The molecule has 0 unspecified atom stereocenters. The van der Waals surface area contributed by atoms with E-state index < -0.39 is 34.1 Å². The molecule has 1 amide bonds. The predicted octanol–water partition coefficient (Wildman–Crippen LogP) is 3.83. The van der Waals surface area contributed by atoms with Gasteiger partial charge in [-0.25, -0.2) is 14.8 Å². The van der Waals surface area contributed by atoms with Crippen molar-refractivity contribution in [2.45, 2.75) is 61.0 Å². The van der Waals surface area contributed by atoms with Gasteiger partial charge >= 0.3 is 11.9 Å². The first-order valence-electron chi connectivity index (χ1n) is 10.8. The third-order valence-corrected chi connectivity index (χ3v) is 6.85. The molecule has 1 atom stereocenters. The van der Waals surface area contributed by atoms with Crippen LogP contribution in [0.1, 0.15) is 56.0 Å². The molecule has 0 spiro atoms. The third kappa shape index (κ3) is 4.46. The lowest BCUT2D eigenvalue weighted by Gasteiger charge is -2.15. The van der Waals surface area contributed by atoms with Gasteiger partial charge in [-0.1, -0.05) is 11.8 Å². The smallest absolute Gasteiger partial charge is 0.325 e. The van der Waals surface area contributed by atoms with Crippen LogP contribution in [0.25, 0.3) is 11.0 Å². The van der Waals surface area contributed by atoms with Gasteiger partial charge in [-0.3, -0.25) is 19.1 Å². The van der Waals surface area contributed by atoms with Crippen LogP contribution >= 0.6 is 11.8 Å².